The number of rotatable bonds is 7. The lowest BCUT2D eigenvalue weighted by Crippen LogP contribution is -2.30. The summed E-state index contributed by atoms with van der Waals surface area (Å²) < 4.78 is 24.5. The highest BCUT2D eigenvalue weighted by molar-refractivity contribution is 5.77. The van der Waals surface area contributed by atoms with Crippen molar-refractivity contribution >= 4 is 5.91 Å². The first-order valence-electron chi connectivity index (χ1n) is 7.97. The fourth-order valence-electron chi connectivity index (χ4n) is 2.60. The predicted molar refractivity (Wildman–Crippen MR) is 94.0 cm³/mol. The largest absolute Gasteiger partial charge is 0.493 e. The van der Waals surface area contributed by atoms with Gasteiger partial charge in [-0.05, 0) is 18.6 Å². The Morgan fingerprint density at radius 1 is 1.16 bits per heavy atom. The van der Waals surface area contributed by atoms with Crippen LogP contribution in [0, 0.1) is 5.82 Å². The van der Waals surface area contributed by atoms with E-state index >= 15 is 0 Å². The minimum absolute atomic E-state index is 0.114. The SMILES string of the molecule is COc1cc(F)c(C(C)NC(=O)CC(N)c2ccccc2)cc1OC. The molecule has 0 aliphatic carbocycles. The van der Waals surface area contributed by atoms with E-state index in [1.807, 2.05) is 30.3 Å². The van der Waals surface area contributed by atoms with Crippen molar-refractivity contribution in [3.05, 3.63) is 59.4 Å². The highest BCUT2D eigenvalue weighted by Crippen LogP contribution is 2.32. The van der Waals surface area contributed by atoms with Crippen LogP contribution in [0.15, 0.2) is 42.5 Å². The topological polar surface area (TPSA) is 73.6 Å². The second-order valence-electron chi connectivity index (χ2n) is 5.74. The first kappa shape index (κ1) is 18.7. The van der Waals surface area contributed by atoms with Crippen LogP contribution in [0.4, 0.5) is 4.39 Å². The maximum absolute atomic E-state index is 14.3. The van der Waals surface area contributed by atoms with Crippen LogP contribution in [-0.2, 0) is 4.79 Å². The summed E-state index contributed by atoms with van der Waals surface area (Å²) in [7, 11) is 2.91. The fraction of sp³-hybridized carbons (Fsp3) is 0.316. The average Bonchev–Trinajstić information content (AvgIpc) is 2.61. The van der Waals surface area contributed by atoms with Gasteiger partial charge in [0.05, 0.1) is 20.3 Å². The number of methoxy groups -OCH3 is 2. The van der Waals surface area contributed by atoms with Crippen molar-refractivity contribution < 1.29 is 18.7 Å². The van der Waals surface area contributed by atoms with Gasteiger partial charge in [-0.1, -0.05) is 30.3 Å². The number of nitrogens with two attached hydrogens (primary N) is 1. The normalized spacial score (nSPS) is 13.0. The van der Waals surface area contributed by atoms with Crippen molar-refractivity contribution in [2.75, 3.05) is 14.2 Å². The Morgan fingerprint density at radius 2 is 1.76 bits per heavy atom. The number of hydrogen-bond acceptors (Lipinski definition) is 4. The molecule has 134 valence electrons. The van der Waals surface area contributed by atoms with Gasteiger partial charge < -0.3 is 20.5 Å². The van der Waals surface area contributed by atoms with E-state index in [1.54, 1.807) is 6.92 Å². The molecule has 3 N–H and O–H groups in total. The number of hydrogen-bond donors (Lipinski definition) is 2. The lowest BCUT2D eigenvalue weighted by atomic mass is 10.0. The summed E-state index contributed by atoms with van der Waals surface area (Å²) in [6.45, 7) is 1.70. The molecule has 5 nitrogen and oxygen atoms in total. The lowest BCUT2D eigenvalue weighted by molar-refractivity contribution is -0.122. The number of nitrogens with one attached hydrogen (secondary N) is 1. The molecule has 0 spiro atoms. The van der Waals surface area contributed by atoms with Gasteiger partial charge >= 0.3 is 0 Å². The number of ether oxygens (including phenoxy) is 2. The smallest absolute Gasteiger partial charge is 0.222 e. The molecule has 2 atom stereocenters. The molecule has 1 amide bonds. The van der Waals surface area contributed by atoms with Crippen molar-refractivity contribution in [3.8, 4) is 11.5 Å². The third-order valence-electron chi connectivity index (χ3n) is 3.98. The number of carbonyl (C=O) groups is 1. The Kier molecular flexibility index (Phi) is 6.36. The number of carbonyl (C=O) groups excluding carboxylic acids is 1. The summed E-state index contributed by atoms with van der Waals surface area (Å²) in [6, 6.07) is 11.2. The van der Waals surface area contributed by atoms with Crippen LogP contribution < -0.4 is 20.5 Å². The zero-order chi connectivity index (χ0) is 18.4. The molecular weight excluding hydrogens is 323 g/mol. The molecule has 2 unspecified atom stereocenters. The van der Waals surface area contributed by atoms with Crippen molar-refractivity contribution in [2.45, 2.75) is 25.4 Å². The third kappa shape index (κ3) is 4.70. The summed E-state index contributed by atoms with van der Waals surface area (Å²) >= 11 is 0. The summed E-state index contributed by atoms with van der Waals surface area (Å²) in [5.74, 6) is -0.0230. The molecule has 2 aromatic rings. The highest BCUT2D eigenvalue weighted by Gasteiger charge is 2.19. The van der Waals surface area contributed by atoms with Crippen LogP contribution in [0.5, 0.6) is 11.5 Å². The molecule has 2 aromatic carbocycles. The summed E-state index contributed by atoms with van der Waals surface area (Å²) in [5, 5.41) is 2.77. The first-order valence-corrected chi connectivity index (χ1v) is 7.97. The molecule has 0 aliphatic rings. The van der Waals surface area contributed by atoms with E-state index in [1.165, 1.54) is 26.4 Å². The van der Waals surface area contributed by atoms with Crippen molar-refractivity contribution in [1.82, 2.24) is 5.32 Å². The standard InChI is InChI=1S/C19H23FN2O3/c1-12(14-9-17(24-2)18(25-3)10-15(14)20)22-19(23)11-16(21)13-7-5-4-6-8-13/h4-10,12,16H,11,21H2,1-3H3,(H,22,23). The molecule has 25 heavy (non-hydrogen) atoms. The zero-order valence-corrected chi connectivity index (χ0v) is 14.6. The van der Waals surface area contributed by atoms with Crippen LogP contribution in [0.3, 0.4) is 0 Å². The third-order valence-corrected chi connectivity index (χ3v) is 3.98. The van der Waals surface area contributed by atoms with Crippen LogP contribution >= 0.6 is 0 Å². The van der Waals surface area contributed by atoms with Gasteiger partial charge in [-0.2, -0.15) is 0 Å². The van der Waals surface area contributed by atoms with Gasteiger partial charge in [0.15, 0.2) is 11.5 Å². The van der Waals surface area contributed by atoms with Crippen molar-refractivity contribution in [3.63, 3.8) is 0 Å². The molecule has 0 aliphatic heterocycles. The lowest BCUT2D eigenvalue weighted by Gasteiger charge is -2.19. The Labute approximate surface area is 146 Å². The molecule has 0 bridgehead atoms. The Bertz CT molecular complexity index is 722. The van der Waals surface area contributed by atoms with Crippen LogP contribution in [-0.4, -0.2) is 20.1 Å². The first-order chi connectivity index (χ1) is 12.0. The Morgan fingerprint density at radius 3 is 2.36 bits per heavy atom. The van der Waals surface area contributed by atoms with E-state index in [4.69, 9.17) is 15.2 Å². The minimum atomic E-state index is -0.532. The molecule has 6 heteroatoms. The van der Waals surface area contributed by atoms with Gasteiger partial charge in [-0.3, -0.25) is 4.79 Å². The Balaban J connectivity index is 2.06. The van der Waals surface area contributed by atoms with Gasteiger partial charge in [-0.15, -0.1) is 0 Å². The monoisotopic (exact) mass is 346 g/mol. The van der Waals surface area contributed by atoms with Gasteiger partial charge in [-0.25, -0.2) is 4.39 Å². The van der Waals surface area contributed by atoms with Gasteiger partial charge in [0, 0.05) is 24.1 Å². The maximum Gasteiger partial charge on any atom is 0.222 e. The molecule has 0 radical (unpaired) electrons. The van der Waals surface area contributed by atoms with Gasteiger partial charge in [0.25, 0.3) is 0 Å². The second-order valence-corrected chi connectivity index (χ2v) is 5.74. The number of amides is 1. The van der Waals surface area contributed by atoms with Crippen molar-refractivity contribution in [2.24, 2.45) is 5.73 Å². The Hall–Kier alpha value is -2.60. The summed E-state index contributed by atoms with van der Waals surface area (Å²) in [5.41, 5.74) is 7.25. The van der Waals surface area contributed by atoms with E-state index in [2.05, 4.69) is 5.32 Å². The zero-order valence-electron chi connectivity index (χ0n) is 14.6. The number of halogens is 1. The van der Waals surface area contributed by atoms with E-state index in [0.29, 0.717) is 17.1 Å². The predicted octanol–water partition coefficient (Wildman–Crippen LogP) is 3.11. The fourth-order valence-corrected chi connectivity index (χ4v) is 2.60. The van der Waals surface area contributed by atoms with Gasteiger partial charge in [0.1, 0.15) is 5.82 Å². The molecule has 0 fully saturated rings. The molecular formula is C19H23FN2O3. The van der Waals surface area contributed by atoms with Crippen molar-refractivity contribution in [1.29, 1.82) is 0 Å². The summed E-state index contributed by atoms with van der Waals surface area (Å²) in [6.07, 6.45) is 0.114. The van der Waals surface area contributed by atoms with Crippen LogP contribution in [0.25, 0.3) is 0 Å². The molecule has 2 rings (SSSR count). The second kappa shape index (κ2) is 8.48. The van der Waals surface area contributed by atoms with Crippen LogP contribution in [0.1, 0.15) is 36.6 Å². The minimum Gasteiger partial charge on any atom is -0.493 e. The van der Waals surface area contributed by atoms with E-state index in [0.717, 1.165) is 5.56 Å². The molecule has 0 heterocycles. The quantitative estimate of drug-likeness (QED) is 0.808. The molecule has 0 aromatic heterocycles. The van der Waals surface area contributed by atoms with Crippen LogP contribution in [0.2, 0.25) is 0 Å². The molecule has 0 saturated heterocycles. The highest BCUT2D eigenvalue weighted by atomic mass is 19.1. The van der Waals surface area contributed by atoms with E-state index in [9.17, 15) is 9.18 Å². The van der Waals surface area contributed by atoms with E-state index in [-0.39, 0.29) is 12.3 Å². The number of benzene rings is 2. The average molecular weight is 346 g/mol. The molecule has 0 saturated carbocycles. The summed E-state index contributed by atoms with van der Waals surface area (Å²) in [4.78, 5) is 12.2. The van der Waals surface area contributed by atoms with Gasteiger partial charge in [0.2, 0.25) is 5.91 Å². The van der Waals surface area contributed by atoms with E-state index < -0.39 is 17.9 Å². The maximum atomic E-state index is 14.3.